The highest BCUT2D eigenvalue weighted by Crippen LogP contribution is 2.41. The van der Waals surface area contributed by atoms with Crippen LogP contribution < -0.4 is 5.73 Å². The molecule has 1 heterocycles. The highest BCUT2D eigenvalue weighted by atomic mass is 15.1. The molecular formula is C15H21N3. The molecule has 2 aromatic rings. The van der Waals surface area contributed by atoms with Gasteiger partial charge in [0.05, 0.1) is 11.0 Å². The maximum atomic E-state index is 5.85. The number of benzene rings is 1. The van der Waals surface area contributed by atoms with Crippen LogP contribution in [0.2, 0.25) is 0 Å². The van der Waals surface area contributed by atoms with Crippen molar-refractivity contribution in [2.75, 3.05) is 5.73 Å². The average Bonchev–Trinajstić information content (AvgIpc) is 3.09. The van der Waals surface area contributed by atoms with E-state index >= 15 is 0 Å². The maximum absolute atomic E-state index is 5.85. The lowest BCUT2D eigenvalue weighted by molar-refractivity contribution is 0.512. The van der Waals surface area contributed by atoms with Crippen molar-refractivity contribution in [1.82, 2.24) is 9.55 Å². The van der Waals surface area contributed by atoms with Crippen LogP contribution >= 0.6 is 0 Å². The number of hydrogen-bond donors (Lipinski definition) is 1. The third-order valence-electron chi connectivity index (χ3n) is 3.67. The maximum Gasteiger partial charge on any atom is 0.112 e. The van der Waals surface area contributed by atoms with Crippen molar-refractivity contribution in [3.63, 3.8) is 0 Å². The fourth-order valence-electron chi connectivity index (χ4n) is 2.44. The molecule has 1 saturated carbocycles. The van der Waals surface area contributed by atoms with Gasteiger partial charge in [-0.3, -0.25) is 0 Å². The van der Waals surface area contributed by atoms with Gasteiger partial charge in [0.2, 0.25) is 0 Å². The molecule has 0 spiro atoms. The number of nitrogen functional groups attached to an aromatic ring is 1. The molecule has 0 aliphatic heterocycles. The molecule has 0 atom stereocenters. The number of imidazole rings is 1. The molecule has 1 aromatic carbocycles. The first-order chi connectivity index (χ1) is 8.65. The van der Waals surface area contributed by atoms with E-state index in [1.54, 1.807) is 0 Å². The lowest BCUT2D eigenvalue weighted by Crippen LogP contribution is -2.05. The van der Waals surface area contributed by atoms with Crippen LogP contribution in [0.4, 0.5) is 5.69 Å². The SMILES string of the molecule is CC(C)CCn1c(C2CC2)nc2cc(N)ccc21. The summed E-state index contributed by atoms with van der Waals surface area (Å²) in [7, 11) is 0. The van der Waals surface area contributed by atoms with Crippen LogP contribution in [0.3, 0.4) is 0 Å². The molecular weight excluding hydrogens is 222 g/mol. The molecule has 3 heteroatoms. The van der Waals surface area contributed by atoms with Crippen LogP contribution in [0.25, 0.3) is 11.0 Å². The van der Waals surface area contributed by atoms with E-state index in [0.29, 0.717) is 5.92 Å². The number of fused-ring (bicyclic) bond motifs is 1. The number of hydrogen-bond acceptors (Lipinski definition) is 2. The second kappa shape index (κ2) is 4.30. The molecule has 1 aromatic heterocycles. The van der Waals surface area contributed by atoms with Gasteiger partial charge in [-0.1, -0.05) is 13.8 Å². The van der Waals surface area contributed by atoms with Gasteiger partial charge in [0.25, 0.3) is 0 Å². The summed E-state index contributed by atoms with van der Waals surface area (Å²) in [6.07, 6.45) is 3.79. The Balaban J connectivity index is 2.04. The molecule has 0 unspecified atom stereocenters. The summed E-state index contributed by atoms with van der Waals surface area (Å²) in [6.45, 7) is 5.62. The molecule has 0 saturated heterocycles. The van der Waals surface area contributed by atoms with E-state index < -0.39 is 0 Å². The van der Waals surface area contributed by atoms with Gasteiger partial charge < -0.3 is 10.3 Å². The Kier molecular flexibility index (Phi) is 2.77. The second-order valence-electron chi connectivity index (χ2n) is 5.83. The minimum Gasteiger partial charge on any atom is -0.399 e. The molecule has 0 bridgehead atoms. The topological polar surface area (TPSA) is 43.8 Å². The van der Waals surface area contributed by atoms with Gasteiger partial charge in [-0.05, 0) is 43.4 Å². The lowest BCUT2D eigenvalue weighted by Gasteiger charge is -2.10. The van der Waals surface area contributed by atoms with Crippen molar-refractivity contribution >= 4 is 16.7 Å². The number of aryl methyl sites for hydroxylation is 1. The van der Waals surface area contributed by atoms with Crippen molar-refractivity contribution in [3.05, 3.63) is 24.0 Å². The van der Waals surface area contributed by atoms with Crippen molar-refractivity contribution in [2.45, 2.75) is 45.6 Å². The summed E-state index contributed by atoms with van der Waals surface area (Å²) in [5, 5.41) is 0. The first-order valence-electron chi connectivity index (χ1n) is 6.91. The molecule has 3 rings (SSSR count). The first kappa shape index (κ1) is 11.6. The molecule has 1 aliphatic carbocycles. The normalized spacial score (nSPS) is 15.7. The van der Waals surface area contributed by atoms with Gasteiger partial charge in [-0.25, -0.2) is 4.98 Å². The highest BCUT2D eigenvalue weighted by molar-refractivity contribution is 5.79. The van der Waals surface area contributed by atoms with Gasteiger partial charge in [-0.15, -0.1) is 0 Å². The number of anilines is 1. The molecule has 2 N–H and O–H groups in total. The van der Waals surface area contributed by atoms with Crippen molar-refractivity contribution < 1.29 is 0 Å². The van der Waals surface area contributed by atoms with Gasteiger partial charge in [0.1, 0.15) is 5.82 Å². The van der Waals surface area contributed by atoms with Gasteiger partial charge in [0.15, 0.2) is 0 Å². The lowest BCUT2D eigenvalue weighted by atomic mass is 10.1. The number of rotatable bonds is 4. The van der Waals surface area contributed by atoms with E-state index in [4.69, 9.17) is 10.7 Å². The van der Waals surface area contributed by atoms with E-state index in [9.17, 15) is 0 Å². The van der Waals surface area contributed by atoms with E-state index in [2.05, 4.69) is 24.5 Å². The van der Waals surface area contributed by atoms with Crippen LogP contribution in [-0.4, -0.2) is 9.55 Å². The van der Waals surface area contributed by atoms with Crippen molar-refractivity contribution in [2.24, 2.45) is 5.92 Å². The largest absolute Gasteiger partial charge is 0.399 e. The Hall–Kier alpha value is -1.51. The van der Waals surface area contributed by atoms with Gasteiger partial charge >= 0.3 is 0 Å². The van der Waals surface area contributed by atoms with Crippen LogP contribution in [0.5, 0.6) is 0 Å². The molecule has 0 radical (unpaired) electrons. The minimum atomic E-state index is 0.686. The average molecular weight is 243 g/mol. The molecule has 3 nitrogen and oxygen atoms in total. The summed E-state index contributed by atoms with van der Waals surface area (Å²) in [5.41, 5.74) is 8.95. The number of aromatic nitrogens is 2. The molecule has 18 heavy (non-hydrogen) atoms. The molecule has 1 fully saturated rings. The van der Waals surface area contributed by atoms with Crippen molar-refractivity contribution in [1.29, 1.82) is 0 Å². The predicted molar refractivity (Wildman–Crippen MR) is 75.6 cm³/mol. The smallest absolute Gasteiger partial charge is 0.112 e. The van der Waals surface area contributed by atoms with Crippen molar-refractivity contribution in [3.8, 4) is 0 Å². The van der Waals surface area contributed by atoms with E-state index in [1.807, 2.05) is 12.1 Å². The molecule has 96 valence electrons. The first-order valence-corrected chi connectivity index (χ1v) is 6.91. The standard InChI is InChI=1S/C15H21N3/c1-10(2)7-8-18-14-6-5-12(16)9-13(14)17-15(18)11-3-4-11/h5-6,9-11H,3-4,7-8,16H2,1-2H3. The summed E-state index contributed by atoms with van der Waals surface area (Å²) in [6, 6.07) is 6.09. The monoisotopic (exact) mass is 243 g/mol. The summed E-state index contributed by atoms with van der Waals surface area (Å²) in [4.78, 5) is 4.80. The van der Waals surface area contributed by atoms with Crippen LogP contribution in [0.15, 0.2) is 18.2 Å². The van der Waals surface area contributed by atoms with Crippen LogP contribution in [-0.2, 0) is 6.54 Å². The Morgan fingerprint density at radius 1 is 1.39 bits per heavy atom. The van der Waals surface area contributed by atoms with Crippen LogP contribution in [0, 0.1) is 5.92 Å². The summed E-state index contributed by atoms with van der Waals surface area (Å²) in [5.74, 6) is 2.69. The van der Waals surface area contributed by atoms with Gasteiger partial charge in [-0.2, -0.15) is 0 Å². The zero-order valence-corrected chi connectivity index (χ0v) is 11.2. The summed E-state index contributed by atoms with van der Waals surface area (Å²) < 4.78 is 2.41. The van der Waals surface area contributed by atoms with Crippen LogP contribution in [0.1, 0.15) is 44.9 Å². The molecule has 0 amide bonds. The number of nitrogens with two attached hydrogens (primary N) is 1. The Morgan fingerprint density at radius 3 is 2.83 bits per heavy atom. The van der Waals surface area contributed by atoms with Gasteiger partial charge in [0, 0.05) is 18.2 Å². The number of nitrogens with zero attached hydrogens (tertiary/aromatic N) is 2. The quantitative estimate of drug-likeness (QED) is 0.835. The fraction of sp³-hybridized carbons (Fsp3) is 0.533. The molecule has 1 aliphatic rings. The Morgan fingerprint density at radius 2 is 2.17 bits per heavy atom. The third kappa shape index (κ3) is 2.09. The third-order valence-corrected chi connectivity index (χ3v) is 3.67. The Labute approximate surface area is 108 Å². The zero-order valence-electron chi connectivity index (χ0n) is 11.2. The van der Waals surface area contributed by atoms with E-state index in [-0.39, 0.29) is 0 Å². The summed E-state index contributed by atoms with van der Waals surface area (Å²) >= 11 is 0. The van der Waals surface area contributed by atoms with E-state index in [1.165, 1.54) is 30.6 Å². The Bertz CT molecular complexity index is 564. The fourth-order valence-corrected chi connectivity index (χ4v) is 2.44. The zero-order chi connectivity index (χ0) is 12.7. The predicted octanol–water partition coefficient (Wildman–Crippen LogP) is 3.54. The van der Waals surface area contributed by atoms with E-state index in [0.717, 1.165) is 23.7 Å². The minimum absolute atomic E-state index is 0.686. The second-order valence-corrected chi connectivity index (χ2v) is 5.83. The highest BCUT2D eigenvalue weighted by Gasteiger charge is 2.29.